The van der Waals surface area contributed by atoms with Crippen molar-refractivity contribution in [3.8, 4) is 11.4 Å². The molecule has 0 radical (unpaired) electrons. The summed E-state index contributed by atoms with van der Waals surface area (Å²) in [4.78, 5) is 8.38. The molecule has 1 fully saturated rings. The summed E-state index contributed by atoms with van der Waals surface area (Å²) in [6, 6.07) is 9.19. The van der Waals surface area contributed by atoms with E-state index in [0.717, 1.165) is 73.9 Å². The molecule has 1 saturated heterocycles. The molecule has 1 aliphatic carbocycles. The van der Waals surface area contributed by atoms with E-state index in [9.17, 15) is 0 Å². The predicted octanol–water partition coefficient (Wildman–Crippen LogP) is 5.13. The third kappa shape index (κ3) is 4.22. The van der Waals surface area contributed by atoms with Crippen LogP contribution >= 0.6 is 0 Å². The van der Waals surface area contributed by atoms with Crippen molar-refractivity contribution in [1.82, 2.24) is 20.1 Å². The van der Waals surface area contributed by atoms with Crippen molar-refractivity contribution in [3.63, 3.8) is 0 Å². The predicted molar refractivity (Wildman–Crippen MR) is 136 cm³/mol. The molecule has 0 amide bonds. The Hall–Kier alpha value is -2.57. The minimum Gasteiger partial charge on any atom is -0.379 e. The standard InChI is InChI=1S/C27H37N5O/c1-6-25(32-11-13-33-14-12-32)18(2)31(5)20-8-7-19-15-23(28-22(19)16-20)26-21-9-10-27(3,4)17-24(21)29-30-26/h7-8,15-16,25,28H,2,6,9-14,17H2,1,3-5H3,(H,29,30)/t25-/m0/s1. The van der Waals surface area contributed by atoms with Gasteiger partial charge in [0.1, 0.15) is 5.69 Å². The van der Waals surface area contributed by atoms with Gasteiger partial charge in [-0.15, -0.1) is 0 Å². The fourth-order valence-corrected chi connectivity index (χ4v) is 5.50. The Bertz CT molecular complexity index is 1150. The van der Waals surface area contributed by atoms with Gasteiger partial charge in [0.2, 0.25) is 0 Å². The Morgan fingerprint density at radius 3 is 2.82 bits per heavy atom. The van der Waals surface area contributed by atoms with Gasteiger partial charge < -0.3 is 14.6 Å². The fourth-order valence-electron chi connectivity index (χ4n) is 5.50. The van der Waals surface area contributed by atoms with Gasteiger partial charge in [-0.05, 0) is 49.3 Å². The van der Waals surface area contributed by atoms with E-state index in [1.807, 2.05) is 0 Å². The zero-order valence-electron chi connectivity index (χ0n) is 20.5. The molecule has 1 atom stereocenters. The molecule has 2 aromatic heterocycles. The lowest BCUT2D eigenvalue weighted by Crippen LogP contribution is -2.46. The van der Waals surface area contributed by atoms with Crippen LogP contribution in [0.2, 0.25) is 0 Å². The van der Waals surface area contributed by atoms with E-state index in [4.69, 9.17) is 9.84 Å². The number of anilines is 1. The summed E-state index contributed by atoms with van der Waals surface area (Å²) in [6.45, 7) is 14.9. The second kappa shape index (κ2) is 8.65. The number of aromatic nitrogens is 3. The van der Waals surface area contributed by atoms with E-state index in [0.29, 0.717) is 11.5 Å². The number of hydrogen-bond donors (Lipinski definition) is 2. The Morgan fingerprint density at radius 1 is 1.27 bits per heavy atom. The van der Waals surface area contributed by atoms with Gasteiger partial charge in [0, 0.05) is 59.7 Å². The molecule has 1 aliphatic heterocycles. The van der Waals surface area contributed by atoms with E-state index >= 15 is 0 Å². The van der Waals surface area contributed by atoms with Crippen molar-refractivity contribution in [1.29, 1.82) is 0 Å². The molecule has 2 aliphatic rings. The highest BCUT2D eigenvalue weighted by atomic mass is 16.5. The first kappa shape index (κ1) is 22.2. The van der Waals surface area contributed by atoms with Crippen LogP contribution < -0.4 is 4.90 Å². The monoisotopic (exact) mass is 447 g/mol. The molecule has 33 heavy (non-hydrogen) atoms. The number of hydrogen-bond acceptors (Lipinski definition) is 4. The van der Waals surface area contributed by atoms with Crippen LogP contribution in [0.4, 0.5) is 5.69 Å². The fraction of sp³-hybridized carbons (Fsp3) is 0.519. The minimum atomic E-state index is 0.327. The first-order valence-corrected chi connectivity index (χ1v) is 12.3. The van der Waals surface area contributed by atoms with Gasteiger partial charge in [-0.25, -0.2) is 0 Å². The molecule has 0 bridgehead atoms. The molecule has 1 aromatic carbocycles. The number of fused-ring (bicyclic) bond motifs is 2. The van der Waals surface area contributed by atoms with E-state index in [-0.39, 0.29) is 0 Å². The molecule has 3 aromatic rings. The molecule has 6 heteroatoms. The van der Waals surface area contributed by atoms with Crippen molar-refractivity contribution in [2.45, 2.75) is 52.5 Å². The summed E-state index contributed by atoms with van der Waals surface area (Å²) >= 11 is 0. The number of H-pyrrole nitrogens is 2. The largest absolute Gasteiger partial charge is 0.379 e. The van der Waals surface area contributed by atoms with Crippen LogP contribution in [-0.4, -0.2) is 59.5 Å². The summed E-state index contributed by atoms with van der Waals surface area (Å²) in [5.41, 5.74) is 8.61. The molecular weight excluding hydrogens is 410 g/mol. The van der Waals surface area contributed by atoms with Crippen LogP contribution in [-0.2, 0) is 17.6 Å². The summed E-state index contributed by atoms with van der Waals surface area (Å²) in [5.74, 6) is 0. The molecule has 5 rings (SSSR count). The van der Waals surface area contributed by atoms with Gasteiger partial charge in [0.25, 0.3) is 0 Å². The third-order valence-electron chi connectivity index (χ3n) is 7.60. The maximum Gasteiger partial charge on any atom is 0.112 e. The average molecular weight is 448 g/mol. The number of nitrogens with zero attached hydrogens (tertiary/aromatic N) is 3. The zero-order valence-corrected chi connectivity index (χ0v) is 20.5. The highest BCUT2D eigenvalue weighted by Gasteiger charge is 2.29. The van der Waals surface area contributed by atoms with Crippen molar-refractivity contribution in [3.05, 3.63) is 47.8 Å². The number of rotatable bonds is 6. The molecule has 6 nitrogen and oxygen atoms in total. The van der Waals surface area contributed by atoms with E-state index in [2.05, 4.69) is 78.5 Å². The third-order valence-corrected chi connectivity index (χ3v) is 7.60. The number of ether oxygens (including phenoxy) is 1. The number of likely N-dealkylation sites (N-methyl/N-ethyl adjacent to an activating group) is 1. The molecule has 0 unspecified atom stereocenters. The van der Waals surface area contributed by atoms with Gasteiger partial charge in [0.15, 0.2) is 0 Å². The van der Waals surface area contributed by atoms with Crippen molar-refractivity contribution in [2.75, 3.05) is 38.3 Å². The molecule has 2 N–H and O–H groups in total. The van der Waals surface area contributed by atoms with Gasteiger partial charge in [-0.1, -0.05) is 33.4 Å². The topological polar surface area (TPSA) is 60.2 Å². The second-order valence-corrected chi connectivity index (χ2v) is 10.4. The number of morpholine rings is 1. The summed E-state index contributed by atoms with van der Waals surface area (Å²) in [5, 5.41) is 9.23. The Morgan fingerprint density at radius 2 is 2.06 bits per heavy atom. The first-order valence-electron chi connectivity index (χ1n) is 12.3. The molecule has 176 valence electrons. The van der Waals surface area contributed by atoms with Crippen LogP contribution in [0.25, 0.3) is 22.3 Å². The molecular formula is C27H37N5O. The number of nitrogens with one attached hydrogen (secondary N) is 2. The van der Waals surface area contributed by atoms with Gasteiger partial charge in [0.05, 0.1) is 18.9 Å². The quantitative estimate of drug-likeness (QED) is 0.550. The maximum absolute atomic E-state index is 5.55. The lowest BCUT2D eigenvalue weighted by Gasteiger charge is -2.38. The second-order valence-electron chi connectivity index (χ2n) is 10.4. The number of aromatic amines is 2. The highest BCUT2D eigenvalue weighted by Crippen LogP contribution is 2.38. The summed E-state index contributed by atoms with van der Waals surface area (Å²) in [6.07, 6.45) is 4.39. The van der Waals surface area contributed by atoms with E-state index < -0.39 is 0 Å². The van der Waals surface area contributed by atoms with E-state index in [1.54, 1.807) is 0 Å². The van der Waals surface area contributed by atoms with Crippen LogP contribution in [0, 0.1) is 5.41 Å². The minimum absolute atomic E-state index is 0.327. The summed E-state index contributed by atoms with van der Waals surface area (Å²) < 4.78 is 5.55. The van der Waals surface area contributed by atoms with Crippen LogP contribution in [0.1, 0.15) is 44.9 Å². The Kier molecular flexibility index (Phi) is 5.83. The molecule has 3 heterocycles. The summed E-state index contributed by atoms with van der Waals surface area (Å²) in [7, 11) is 2.13. The Labute approximate surface area is 197 Å². The first-order chi connectivity index (χ1) is 15.9. The lowest BCUT2D eigenvalue weighted by molar-refractivity contribution is 0.0227. The zero-order chi connectivity index (χ0) is 23.2. The smallest absolute Gasteiger partial charge is 0.112 e. The van der Waals surface area contributed by atoms with E-state index in [1.165, 1.54) is 23.1 Å². The van der Waals surface area contributed by atoms with Crippen LogP contribution in [0.5, 0.6) is 0 Å². The molecule has 0 spiro atoms. The maximum atomic E-state index is 5.55. The highest BCUT2D eigenvalue weighted by molar-refractivity contribution is 5.88. The van der Waals surface area contributed by atoms with Crippen molar-refractivity contribution in [2.24, 2.45) is 5.41 Å². The van der Waals surface area contributed by atoms with Crippen molar-refractivity contribution >= 4 is 16.6 Å². The van der Waals surface area contributed by atoms with Gasteiger partial charge in [-0.3, -0.25) is 10.00 Å². The van der Waals surface area contributed by atoms with Crippen molar-refractivity contribution < 1.29 is 4.74 Å². The molecule has 0 saturated carbocycles. The Balaban J connectivity index is 1.40. The SMILES string of the molecule is C=C([C@H](CC)N1CCOCC1)N(C)c1ccc2cc(-c3n[nH]c4c3CCC(C)(C)C4)[nH]c2c1. The van der Waals surface area contributed by atoms with Gasteiger partial charge in [-0.2, -0.15) is 5.10 Å². The normalized spacial score (nSPS) is 19.4. The van der Waals surface area contributed by atoms with Gasteiger partial charge >= 0.3 is 0 Å². The number of benzene rings is 1. The average Bonchev–Trinajstić information content (AvgIpc) is 3.41. The lowest BCUT2D eigenvalue weighted by atomic mass is 9.76. The van der Waals surface area contributed by atoms with Crippen LogP contribution in [0.15, 0.2) is 36.5 Å². The van der Waals surface area contributed by atoms with Crippen LogP contribution in [0.3, 0.4) is 0 Å².